The van der Waals surface area contributed by atoms with Crippen LogP contribution in [0.5, 0.6) is 5.75 Å². The molecule has 1 aliphatic rings. The summed E-state index contributed by atoms with van der Waals surface area (Å²) in [5, 5.41) is 0. The number of ether oxygens (including phenoxy) is 2. The second-order valence-corrected chi connectivity index (χ2v) is 4.53. The van der Waals surface area contributed by atoms with Crippen molar-refractivity contribution < 1.29 is 9.47 Å². The Bertz CT molecular complexity index is 374. The van der Waals surface area contributed by atoms with Crippen LogP contribution in [0.4, 0.5) is 11.4 Å². The second kappa shape index (κ2) is 5.27. The van der Waals surface area contributed by atoms with Gasteiger partial charge >= 0.3 is 0 Å². The van der Waals surface area contributed by atoms with Crippen LogP contribution in [0, 0.1) is 0 Å². The third-order valence-electron chi connectivity index (χ3n) is 2.66. The summed E-state index contributed by atoms with van der Waals surface area (Å²) in [5.41, 5.74) is 7.76. The van der Waals surface area contributed by atoms with Crippen molar-refractivity contribution in [2.24, 2.45) is 0 Å². The Morgan fingerprint density at radius 3 is 2.59 bits per heavy atom. The maximum Gasteiger partial charge on any atom is 0.123 e. The van der Waals surface area contributed by atoms with Crippen LogP contribution in [-0.2, 0) is 4.74 Å². The van der Waals surface area contributed by atoms with E-state index in [0.29, 0.717) is 0 Å². The van der Waals surface area contributed by atoms with Crippen LogP contribution in [0.15, 0.2) is 18.2 Å². The van der Waals surface area contributed by atoms with Gasteiger partial charge in [0.1, 0.15) is 5.75 Å². The highest BCUT2D eigenvalue weighted by molar-refractivity contribution is 5.60. The average molecular weight is 236 g/mol. The van der Waals surface area contributed by atoms with Crippen molar-refractivity contribution in [1.29, 1.82) is 0 Å². The largest absolute Gasteiger partial charge is 0.491 e. The van der Waals surface area contributed by atoms with Crippen molar-refractivity contribution >= 4 is 11.4 Å². The smallest absolute Gasteiger partial charge is 0.123 e. The van der Waals surface area contributed by atoms with E-state index in [1.807, 2.05) is 32.0 Å². The first-order chi connectivity index (χ1) is 8.15. The predicted molar refractivity (Wildman–Crippen MR) is 69.7 cm³/mol. The van der Waals surface area contributed by atoms with Crippen molar-refractivity contribution in [3.05, 3.63) is 18.2 Å². The second-order valence-electron chi connectivity index (χ2n) is 4.53. The van der Waals surface area contributed by atoms with Crippen LogP contribution >= 0.6 is 0 Å². The molecular weight excluding hydrogens is 216 g/mol. The maximum atomic E-state index is 5.90. The van der Waals surface area contributed by atoms with Crippen LogP contribution in [0.2, 0.25) is 0 Å². The molecule has 2 N–H and O–H groups in total. The minimum absolute atomic E-state index is 0.161. The Kier molecular flexibility index (Phi) is 3.74. The van der Waals surface area contributed by atoms with Gasteiger partial charge in [-0.15, -0.1) is 0 Å². The molecule has 0 bridgehead atoms. The summed E-state index contributed by atoms with van der Waals surface area (Å²) in [6, 6.07) is 5.89. The first-order valence-electron chi connectivity index (χ1n) is 6.05. The van der Waals surface area contributed by atoms with Crippen LogP contribution in [-0.4, -0.2) is 32.4 Å². The summed E-state index contributed by atoms with van der Waals surface area (Å²) in [5.74, 6) is 0.835. The maximum absolute atomic E-state index is 5.90. The predicted octanol–water partition coefficient (Wildman–Crippen LogP) is 1.89. The summed E-state index contributed by atoms with van der Waals surface area (Å²) in [7, 11) is 0. The van der Waals surface area contributed by atoms with Gasteiger partial charge in [-0.1, -0.05) is 0 Å². The summed E-state index contributed by atoms with van der Waals surface area (Å²) < 4.78 is 11.0. The van der Waals surface area contributed by atoms with Crippen LogP contribution in [0.3, 0.4) is 0 Å². The first kappa shape index (κ1) is 12.0. The van der Waals surface area contributed by atoms with E-state index in [1.165, 1.54) is 0 Å². The lowest BCUT2D eigenvalue weighted by Crippen LogP contribution is -2.36. The number of nitrogen functional groups attached to an aromatic ring is 1. The van der Waals surface area contributed by atoms with Crippen molar-refractivity contribution in [2.45, 2.75) is 20.0 Å². The number of nitrogens with zero attached hydrogens (tertiary/aromatic N) is 1. The fourth-order valence-electron chi connectivity index (χ4n) is 1.95. The van der Waals surface area contributed by atoms with E-state index in [-0.39, 0.29) is 6.10 Å². The zero-order valence-electron chi connectivity index (χ0n) is 10.5. The van der Waals surface area contributed by atoms with Gasteiger partial charge < -0.3 is 20.1 Å². The molecule has 0 aromatic heterocycles. The molecule has 17 heavy (non-hydrogen) atoms. The molecule has 4 heteroatoms. The van der Waals surface area contributed by atoms with Gasteiger partial charge in [0, 0.05) is 36.6 Å². The third kappa shape index (κ3) is 3.27. The third-order valence-corrected chi connectivity index (χ3v) is 2.66. The van der Waals surface area contributed by atoms with Crippen LogP contribution in [0.1, 0.15) is 13.8 Å². The van der Waals surface area contributed by atoms with E-state index < -0.39 is 0 Å². The molecule has 0 saturated carbocycles. The van der Waals surface area contributed by atoms with E-state index in [4.69, 9.17) is 15.2 Å². The number of hydrogen-bond donors (Lipinski definition) is 1. The number of morpholine rings is 1. The highest BCUT2D eigenvalue weighted by Gasteiger charge is 2.13. The fourth-order valence-corrected chi connectivity index (χ4v) is 1.95. The summed E-state index contributed by atoms with van der Waals surface area (Å²) in [6.07, 6.45) is 0.161. The van der Waals surface area contributed by atoms with E-state index in [2.05, 4.69) is 4.90 Å². The number of hydrogen-bond acceptors (Lipinski definition) is 4. The van der Waals surface area contributed by atoms with Crippen molar-refractivity contribution in [3.8, 4) is 5.75 Å². The summed E-state index contributed by atoms with van der Waals surface area (Å²) >= 11 is 0. The van der Waals surface area contributed by atoms with Crippen molar-refractivity contribution in [2.75, 3.05) is 36.9 Å². The van der Waals surface area contributed by atoms with Gasteiger partial charge in [-0.05, 0) is 19.9 Å². The Morgan fingerprint density at radius 1 is 1.24 bits per heavy atom. The van der Waals surface area contributed by atoms with Gasteiger partial charge in [-0.2, -0.15) is 0 Å². The molecule has 1 aromatic carbocycles. The molecule has 0 aliphatic carbocycles. The van der Waals surface area contributed by atoms with Crippen LogP contribution < -0.4 is 15.4 Å². The molecule has 0 unspecified atom stereocenters. The van der Waals surface area contributed by atoms with E-state index >= 15 is 0 Å². The molecule has 0 spiro atoms. The Balaban J connectivity index is 2.18. The monoisotopic (exact) mass is 236 g/mol. The normalized spacial score (nSPS) is 16.3. The number of benzene rings is 1. The van der Waals surface area contributed by atoms with Gasteiger partial charge in [0.05, 0.1) is 19.3 Å². The number of nitrogens with two attached hydrogens (primary N) is 1. The first-order valence-corrected chi connectivity index (χ1v) is 6.05. The van der Waals surface area contributed by atoms with Crippen molar-refractivity contribution in [1.82, 2.24) is 0 Å². The lowest BCUT2D eigenvalue weighted by Gasteiger charge is -2.29. The molecule has 2 rings (SSSR count). The standard InChI is InChI=1S/C13H20N2O2/c1-10(2)17-13-8-11(14)7-12(9-13)15-3-5-16-6-4-15/h7-10H,3-6,14H2,1-2H3. The molecule has 4 nitrogen and oxygen atoms in total. The molecule has 1 fully saturated rings. The minimum atomic E-state index is 0.161. The molecule has 1 heterocycles. The Morgan fingerprint density at radius 2 is 1.94 bits per heavy atom. The average Bonchev–Trinajstić information content (AvgIpc) is 2.28. The molecule has 0 amide bonds. The van der Waals surface area contributed by atoms with Gasteiger partial charge in [0.2, 0.25) is 0 Å². The SMILES string of the molecule is CC(C)Oc1cc(N)cc(N2CCOCC2)c1. The molecule has 0 radical (unpaired) electrons. The summed E-state index contributed by atoms with van der Waals surface area (Å²) in [6.45, 7) is 7.38. The molecule has 0 atom stereocenters. The molecular formula is C13H20N2O2. The molecule has 94 valence electrons. The Hall–Kier alpha value is -1.42. The minimum Gasteiger partial charge on any atom is -0.491 e. The summed E-state index contributed by atoms with van der Waals surface area (Å²) in [4.78, 5) is 2.27. The van der Waals surface area contributed by atoms with Gasteiger partial charge in [0.15, 0.2) is 0 Å². The van der Waals surface area contributed by atoms with Gasteiger partial charge in [0.25, 0.3) is 0 Å². The van der Waals surface area contributed by atoms with Crippen LogP contribution in [0.25, 0.3) is 0 Å². The molecule has 1 aromatic rings. The van der Waals surface area contributed by atoms with E-state index in [9.17, 15) is 0 Å². The number of rotatable bonds is 3. The number of anilines is 2. The lowest BCUT2D eigenvalue weighted by molar-refractivity contribution is 0.122. The highest BCUT2D eigenvalue weighted by atomic mass is 16.5. The zero-order chi connectivity index (χ0) is 12.3. The van der Waals surface area contributed by atoms with E-state index in [1.54, 1.807) is 0 Å². The Labute approximate surface area is 102 Å². The zero-order valence-corrected chi connectivity index (χ0v) is 10.5. The van der Waals surface area contributed by atoms with Gasteiger partial charge in [-0.3, -0.25) is 0 Å². The lowest BCUT2D eigenvalue weighted by atomic mass is 10.2. The van der Waals surface area contributed by atoms with Gasteiger partial charge in [-0.25, -0.2) is 0 Å². The fraction of sp³-hybridized carbons (Fsp3) is 0.538. The topological polar surface area (TPSA) is 47.7 Å². The molecule has 1 saturated heterocycles. The highest BCUT2D eigenvalue weighted by Crippen LogP contribution is 2.26. The van der Waals surface area contributed by atoms with Crippen molar-refractivity contribution in [3.63, 3.8) is 0 Å². The molecule has 1 aliphatic heterocycles. The quantitative estimate of drug-likeness (QED) is 0.814. The van der Waals surface area contributed by atoms with E-state index in [0.717, 1.165) is 43.4 Å².